The number of ketones is 1. The van der Waals surface area contributed by atoms with Crippen LogP contribution < -0.4 is 0 Å². The lowest BCUT2D eigenvalue weighted by Gasteiger charge is -2.11. The molecule has 0 saturated carbocycles. The Morgan fingerprint density at radius 1 is 1.64 bits per heavy atom. The highest BCUT2D eigenvalue weighted by Gasteiger charge is 2.07. The van der Waals surface area contributed by atoms with Crippen LogP contribution in [0.3, 0.4) is 0 Å². The standard InChI is InChI=1S/C9H16O2/c1-4-7(2)9(11)6-5-8(3)10/h5-7,9,11H,4H2,1-3H3/b6-5+. The number of hydrogen-bond donors (Lipinski definition) is 1. The average Bonchev–Trinajstić information content (AvgIpc) is 1.98. The van der Waals surface area contributed by atoms with Crippen LogP contribution in [0.15, 0.2) is 12.2 Å². The minimum absolute atomic E-state index is 0.0210. The van der Waals surface area contributed by atoms with Crippen LogP contribution >= 0.6 is 0 Å². The van der Waals surface area contributed by atoms with E-state index in [1.54, 1.807) is 6.08 Å². The molecule has 2 unspecified atom stereocenters. The van der Waals surface area contributed by atoms with Crippen molar-refractivity contribution in [3.05, 3.63) is 12.2 Å². The number of carbonyl (C=O) groups is 1. The first kappa shape index (κ1) is 10.4. The molecule has 0 saturated heterocycles. The van der Waals surface area contributed by atoms with Crippen molar-refractivity contribution in [3.8, 4) is 0 Å². The maximum Gasteiger partial charge on any atom is 0.152 e. The predicted molar refractivity (Wildman–Crippen MR) is 45.3 cm³/mol. The summed E-state index contributed by atoms with van der Waals surface area (Å²) in [4.78, 5) is 10.5. The second-order valence-electron chi connectivity index (χ2n) is 2.85. The van der Waals surface area contributed by atoms with Crippen LogP contribution in [0, 0.1) is 5.92 Å². The Bertz CT molecular complexity index is 150. The van der Waals surface area contributed by atoms with E-state index in [9.17, 15) is 9.90 Å². The van der Waals surface area contributed by atoms with Gasteiger partial charge in [0.2, 0.25) is 0 Å². The quantitative estimate of drug-likeness (QED) is 0.627. The lowest BCUT2D eigenvalue weighted by molar-refractivity contribution is -0.112. The van der Waals surface area contributed by atoms with Gasteiger partial charge in [-0.1, -0.05) is 26.3 Å². The van der Waals surface area contributed by atoms with Crippen LogP contribution in [0.4, 0.5) is 0 Å². The van der Waals surface area contributed by atoms with Crippen molar-refractivity contribution in [2.45, 2.75) is 33.3 Å². The monoisotopic (exact) mass is 156 g/mol. The zero-order chi connectivity index (χ0) is 8.85. The minimum Gasteiger partial charge on any atom is -0.389 e. The summed E-state index contributed by atoms with van der Waals surface area (Å²) in [6.07, 6.45) is 3.40. The van der Waals surface area contributed by atoms with E-state index in [0.29, 0.717) is 0 Å². The van der Waals surface area contributed by atoms with Gasteiger partial charge in [0.05, 0.1) is 6.10 Å². The summed E-state index contributed by atoms with van der Waals surface area (Å²) in [5, 5.41) is 9.33. The zero-order valence-corrected chi connectivity index (χ0v) is 7.37. The van der Waals surface area contributed by atoms with E-state index in [4.69, 9.17) is 0 Å². The normalized spacial score (nSPS) is 16.7. The van der Waals surface area contributed by atoms with Crippen molar-refractivity contribution in [1.82, 2.24) is 0 Å². The maximum atomic E-state index is 10.5. The molecular weight excluding hydrogens is 140 g/mol. The van der Waals surface area contributed by atoms with Crippen molar-refractivity contribution >= 4 is 5.78 Å². The SMILES string of the molecule is CCC(C)C(O)/C=C/C(C)=O. The molecule has 0 aromatic carbocycles. The van der Waals surface area contributed by atoms with E-state index in [0.717, 1.165) is 6.42 Å². The molecule has 0 spiro atoms. The van der Waals surface area contributed by atoms with Gasteiger partial charge in [-0.05, 0) is 18.9 Å². The summed E-state index contributed by atoms with van der Waals surface area (Å²) < 4.78 is 0. The highest BCUT2D eigenvalue weighted by atomic mass is 16.3. The first-order valence-electron chi connectivity index (χ1n) is 3.94. The number of aliphatic hydroxyl groups is 1. The second kappa shape index (κ2) is 5.08. The van der Waals surface area contributed by atoms with Crippen molar-refractivity contribution in [2.75, 3.05) is 0 Å². The molecule has 0 heterocycles. The minimum atomic E-state index is -0.483. The fraction of sp³-hybridized carbons (Fsp3) is 0.667. The fourth-order valence-electron chi connectivity index (χ4n) is 0.665. The van der Waals surface area contributed by atoms with Crippen LogP contribution in [0.1, 0.15) is 27.2 Å². The summed E-state index contributed by atoms with van der Waals surface area (Å²) in [5.74, 6) is 0.206. The molecule has 0 radical (unpaired) electrons. The lowest BCUT2D eigenvalue weighted by Crippen LogP contribution is -2.13. The Morgan fingerprint density at radius 3 is 2.55 bits per heavy atom. The van der Waals surface area contributed by atoms with Gasteiger partial charge >= 0.3 is 0 Å². The van der Waals surface area contributed by atoms with Crippen LogP contribution in [-0.4, -0.2) is 17.0 Å². The zero-order valence-electron chi connectivity index (χ0n) is 7.37. The Morgan fingerprint density at radius 2 is 2.18 bits per heavy atom. The van der Waals surface area contributed by atoms with Crippen molar-refractivity contribution < 1.29 is 9.90 Å². The third-order valence-corrected chi connectivity index (χ3v) is 1.76. The third-order valence-electron chi connectivity index (χ3n) is 1.76. The van der Waals surface area contributed by atoms with E-state index in [1.165, 1.54) is 13.0 Å². The molecule has 2 heteroatoms. The summed E-state index contributed by atoms with van der Waals surface area (Å²) in [7, 11) is 0. The topological polar surface area (TPSA) is 37.3 Å². The Hall–Kier alpha value is -0.630. The number of allylic oxidation sites excluding steroid dienone is 1. The molecule has 0 aromatic heterocycles. The van der Waals surface area contributed by atoms with Gasteiger partial charge in [0, 0.05) is 0 Å². The van der Waals surface area contributed by atoms with Gasteiger partial charge in [0.15, 0.2) is 5.78 Å². The van der Waals surface area contributed by atoms with E-state index in [-0.39, 0.29) is 11.7 Å². The Labute approximate surface area is 67.9 Å². The fourth-order valence-corrected chi connectivity index (χ4v) is 0.665. The van der Waals surface area contributed by atoms with Crippen LogP contribution in [-0.2, 0) is 4.79 Å². The Balaban J connectivity index is 3.85. The highest BCUT2D eigenvalue weighted by molar-refractivity contribution is 5.87. The molecular formula is C9H16O2. The number of aliphatic hydroxyl groups excluding tert-OH is 1. The molecule has 0 aromatic rings. The van der Waals surface area contributed by atoms with Gasteiger partial charge in [0.1, 0.15) is 0 Å². The predicted octanol–water partition coefficient (Wildman–Crippen LogP) is 1.54. The molecule has 0 aliphatic rings. The van der Waals surface area contributed by atoms with Gasteiger partial charge in [-0.2, -0.15) is 0 Å². The second-order valence-corrected chi connectivity index (χ2v) is 2.85. The van der Waals surface area contributed by atoms with Gasteiger partial charge < -0.3 is 5.11 Å². The van der Waals surface area contributed by atoms with E-state index >= 15 is 0 Å². The van der Waals surface area contributed by atoms with Crippen LogP contribution in [0.5, 0.6) is 0 Å². The molecule has 1 N–H and O–H groups in total. The first-order valence-corrected chi connectivity index (χ1v) is 3.94. The van der Waals surface area contributed by atoms with E-state index in [2.05, 4.69) is 0 Å². The van der Waals surface area contributed by atoms with E-state index < -0.39 is 6.10 Å². The summed E-state index contributed by atoms with van der Waals surface area (Å²) in [6, 6.07) is 0. The van der Waals surface area contributed by atoms with Crippen molar-refractivity contribution in [2.24, 2.45) is 5.92 Å². The van der Waals surface area contributed by atoms with Crippen molar-refractivity contribution in [3.63, 3.8) is 0 Å². The molecule has 0 fully saturated rings. The van der Waals surface area contributed by atoms with Gasteiger partial charge in [-0.3, -0.25) is 4.79 Å². The molecule has 0 aliphatic heterocycles. The van der Waals surface area contributed by atoms with Crippen molar-refractivity contribution in [1.29, 1.82) is 0 Å². The lowest BCUT2D eigenvalue weighted by atomic mass is 10.0. The smallest absolute Gasteiger partial charge is 0.152 e. The van der Waals surface area contributed by atoms with E-state index in [1.807, 2.05) is 13.8 Å². The van der Waals surface area contributed by atoms with Gasteiger partial charge in [0.25, 0.3) is 0 Å². The highest BCUT2D eigenvalue weighted by Crippen LogP contribution is 2.07. The molecule has 0 amide bonds. The Kier molecular flexibility index (Phi) is 4.79. The largest absolute Gasteiger partial charge is 0.389 e. The maximum absolute atomic E-state index is 10.5. The first-order chi connectivity index (χ1) is 5.07. The molecule has 11 heavy (non-hydrogen) atoms. The molecule has 0 rings (SSSR count). The molecule has 2 atom stereocenters. The van der Waals surface area contributed by atoms with Gasteiger partial charge in [-0.25, -0.2) is 0 Å². The summed E-state index contributed by atoms with van der Waals surface area (Å²) in [6.45, 7) is 5.43. The molecule has 2 nitrogen and oxygen atoms in total. The molecule has 0 bridgehead atoms. The number of carbonyl (C=O) groups excluding carboxylic acids is 1. The van der Waals surface area contributed by atoms with Crippen LogP contribution in [0.25, 0.3) is 0 Å². The summed E-state index contributed by atoms with van der Waals surface area (Å²) in [5.41, 5.74) is 0. The van der Waals surface area contributed by atoms with Gasteiger partial charge in [-0.15, -0.1) is 0 Å². The molecule has 0 aliphatic carbocycles. The van der Waals surface area contributed by atoms with Crippen LogP contribution in [0.2, 0.25) is 0 Å². The number of rotatable bonds is 4. The number of hydrogen-bond acceptors (Lipinski definition) is 2. The summed E-state index contributed by atoms with van der Waals surface area (Å²) >= 11 is 0. The third kappa shape index (κ3) is 4.73. The molecule has 64 valence electrons. The average molecular weight is 156 g/mol.